The average molecular weight is 402 g/mol. The van der Waals surface area contributed by atoms with E-state index < -0.39 is 16.8 Å². The molecule has 0 spiro atoms. The van der Waals surface area contributed by atoms with E-state index in [4.69, 9.17) is 19.9 Å². The number of ether oxygens (including phenoxy) is 3. The fourth-order valence-electron chi connectivity index (χ4n) is 2.48. The summed E-state index contributed by atoms with van der Waals surface area (Å²) in [6, 6.07) is 8.33. The lowest BCUT2D eigenvalue weighted by atomic mass is 10.1. The molecule has 0 atom stereocenters. The molecule has 0 aliphatic heterocycles. The topological polar surface area (TPSA) is 131 Å². The first-order valence-corrected chi connectivity index (χ1v) is 8.92. The Balaban J connectivity index is 2.13. The summed E-state index contributed by atoms with van der Waals surface area (Å²) in [6.45, 7) is 2.23. The summed E-state index contributed by atoms with van der Waals surface area (Å²) in [5, 5.41) is 11.2. The number of methoxy groups -OCH3 is 1. The summed E-state index contributed by atoms with van der Waals surface area (Å²) < 4.78 is 16.1. The fourth-order valence-corrected chi connectivity index (χ4v) is 2.48. The number of rotatable bonds is 10. The highest BCUT2D eigenvalue weighted by molar-refractivity contribution is 5.93. The molecule has 0 heterocycles. The van der Waals surface area contributed by atoms with Crippen LogP contribution >= 0.6 is 0 Å². The van der Waals surface area contributed by atoms with Crippen LogP contribution in [0.1, 0.15) is 46.0 Å². The third kappa shape index (κ3) is 5.68. The van der Waals surface area contributed by atoms with Crippen molar-refractivity contribution in [1.82, 2.24) is 0 Å². The van der Waals surface area contributed by atoms with E-state index >= 15 is 0 Å². The second kappa shape index (κ2) is 10.1. The predicted molar refractivity (Wildman–Crippen MR) is 104 cm³/mol. The van der Waals surface area contributed by atoms with Crippen LogP contribution in [0.25, 0.3) is 0 Å². The van der Waals surface area contributed by atoms with Crippen LogP contribution in [0.3, 0.4) is 0 Å². The minimum absolute atomic E-state index is 0.00447. The number of hydrogen-bond donors (Lipinski definition) is 1. The number of nitro benzene ring substituents is 1. The van der Waals surface area contributed by atoms with Crippen molar-refractivity contribution in [3.05, 3.63) is 63.2 Å². The van der Waals surface area contributed by atoms with Crippen LogP contribution in [0.2, 0.25) is 0 Å². The number of nitrogens with zero attached hydrogens (tertiary/aromatic N) is 1. The van der Waals surface area contributed by atoms with Crippen molar-refractivity contribution >= 4 is 17.6 Å². The third-order valence-corrected chi connectivity index (χ3v) is 4.08. The Morgan fingerprint density at radius 1 is 1.10 bits per heavy atom. The fraction of sp³-hybridized carbons (Fsp3) is 0.300. The number of primary amides is 1. The molecule has 2 aromatic carbocycles. The third-order valence-electron chi connectivity index (χ3n) is 4.08. The van der Waals surface area contributed by atoms with Gasteiger partial charge in [0.25, 0.3) is 5.69 Å². The standard InChI is InChI=1S/C20H22N2O7/c1-3-4-9-28-17-8-7-14(11-18(17)27-2)20(24)29-12-15-6-5-13(19(21)23)10-16(15)22(25)26/h5-8,10-11H,3-4,9,12H2,1-2H3,(H2,21,23). The number of amides is 1. The molecule has 0 aliphatic rings. The Kier molecular flexibility index (Phi) is 7.53. The molecule has 0 fully saturated rings. The molecule has 0 aliphatic carbocycles. The molecular formula is C20H22N2O7. The lowest BCUT2D eigenvalue weighted by Gasteiger charge is -2.12. The zero-order chi connectivity index (χ0) is 21.4. The van der Waals surface area contributed by atoms with Gasteiger partial charge in [-0.25, -0.2) is 4.79 Å². The zero-order valence-corrected chi connectivity index (χ0v) is 16.2. The van der Waals surface area contributed by atoms with E-state index in [2.05, 4.69) is 0 Å². The van der Waals surface area contributed by atoms with Crippen molar-refractivity contribution in [3.8, 4) is 11.5 Å². The molecule has 0 saturated carbocycles. The van der Waals surface area contributed by atoms with Gasteiger partial charge in [-0.05, 0) is 36.8 Å². The van der Waals surface area contributed by atoms with Gasteiger partial charge in [-0.1, -0.05) is 13.3 Å². The van der Waals surface area contributed by atoms with Crippen LogP contribution in [-0.4, -0.2) is 30.5 Å². The Morgan fingerprint density at radius 2 is 1.83 bits per heavy atom. The molecule has 154 valence electrons. The molecule has 29 heavy (non-hydrogen) atoms. The van der Waals surface area contributed by atoms with Crippen LogP contribution in [0.15, 0.2) is 36.4 Å². The predicted octanol–water partition coefficient (Wildman–Crippen LogP) is 3.24. The lowest BCUT2D eigenvalue weighted by molar-refractivity contribution is -0.385. The molecular weight excluding hydrogens is 380 g/mol. The zero-order valence-electron chi connectivity index (χ0n) is 16.2. The van der Waals surface area contributed by atoms with Gasteiger partial charge in [0.1, 0.15) is 6.61 Å². The van der Waals surface area contributed by atoms with Crippen molar-refractivity contribution < 1.29 is 28.7 Å². The minimum Gasteiger partial charge on any atom is -0.493 e. The highest BCUT2D eigenvalue weighted by Gasteiger charge is 2.19. The Hall–Kier alpha value is -3.62. The van der Waals surface area contributed by atoms with Gasteiger partial charge in [0, 0.05) is 11.6 Å². The van der Waals surface area contributed by atoms with E-state index in [1.807, 2.05) is 6.92 Å². The van der Waals surface area contributed by atoms with Crippen LogP contribution in [0.4, 0.5) is 5.69 Å². The van der Waals surface area contributed by atoms with Crippen molar-refractivity contribution in [3.63, 3.8) is 0 Å². The highest BCUT2D eigenvalue weighted by atomic mass is 16.6. The minimum atomic E-state index is -0.787. The van der Waals surface area contributed by atoms with E-state index in [0.29, 0.717) is 18.1 Å². The number of hydrogen-bond acceptors (Lipinski definition) is 7. The summed E-state index contributed by atoms with van der Waals surface area (Å²) in [5.41, 5.74) is 5.13. The number of unbranched alkanes of at least 4 members (excludes halogenated alkanes) is 1. The molecule has 0 saturated heterocycles. The van der Waals surface area contributed by atoms with Gasteiger partial charge in [0.05, 0.1) is 29.8 Å². The summed E-state index contributed by atoms with van der Waals surface area (Å²) >= 11 is 0. The van der Waals surface area contributed by atoms with E-state index in [9.17, 15) is 19.7 Å². The highest BCUT2D eigenvalue weighted by Crippen LogP contribution is 2.29. The number of carbonyl (C=O) groups excluding carboxylic acids is 2. The normalized spacial score (nSPS) is 10.3. The molecule has 9 heteroatoms. The Bertz CT molecular complexity index is 912. The first-order chi connectivity index (χ1) is 13.9. The molecule has 2 aromatic rings. The van der Waals surface area contributed by atoms with Gasteiger partial charge < -0.3 is 19.9 Å². The second-order valence-electron chi connectivity index (χ2n) is 6.11. The van der Waals surface area contributed by atoms with Gasteiger partial charge in [-0.15, -0.1) is 0 Å². The summed E-state index contributed by atoms with van der Waals surface area (Å²) in [6.07, 6.45) is 1.87. The molecule has 1 amide bonds. The maximum absolute atomic E-state index is 12.4. The molecule has 2 rings (SSSR count). The first kappa shape index (κ1) is 21.7. The number of benzene rings is 2. The molecule has 0 bridgehead atoms. The van der Waals surface area contributed by atoms with Crippen molar-refractivity contribution in [2.45, 2.75) is 26.4 Å². The van der Waals surface area contributed by atoms with E-state index in [-0.39, 0.29) is 29.0 Å². The quantitative estimate of drug-likeness (QED) is 0.279. The van der Waals surface area contributed by atoms with Crippen molar-refractivity contribution in [1.29, 1.82) is 0 Å². The van der Waals surface area contributed by atoms with E-state index in [1.54, 1.807) is 6.07 Å². The SMILES string of the molecule is CCCCOc1ccc(C(=O)OCc2ccc(C(N)=O)cc2[N+](=O)[O-])cc1OC. The molecule has 0 aromatic heterocycles. The van der Waals surface area contributed by atoms with Crippen LogP contribution in [0, 0.1) is 10.1 Å². The smallest absolute Gasteiger partial charge is 0.338 e. The maximum atomic E-state index is 12.4. The number of nitro groups is 1. The first-order valence-electron chi connectivity index (χ1n) is 8.92. The second-order valence-corrected chi connectivity index (χ2v) is 6.11. The summed E-state index contributed by atoms with van der Waals surface area (Å²) in [4.78, 5) is 34.1. The van der Waals surface area contributed by atoms with Gasteiger partial charge in [-0.3, -0.25) is 14.9 Å². The Morgan fingerprint density at radius 3 is 2.45 bits per heavy atom. The van der Waals surface area contributed by atoms with E-state index in [0.717, 1.165) is 18.9 Å². The molecule has 2 N–H and O–H groups in total. The van der Waals surface area contributed by atoms with Gasteiger partial charge in [0.2, 0.25) is 5.91 Å². The van der Waals surface area contributed by atoms with Gasteiger partial charge in [-0.2, -0.15) is 0 Å². The molecule has 9 nitrogen and oxygen atoms in total. The van der Waals surface area contributed by atoms with Crippen LogP contribution < -0.4 is 15.2 Å². The number of esters is 1. The van der Waals surface area contributed by atoms with Crippen molar-refractivity contribution in [2.75, 3.05) is 13.7 Å². The summed E-state index contributed by atoms with van der Waals surface area (Å²) in [7, 11) is 1.46. The van der Waals surface area contributed by atoms with E-state index in [1.165, 1.54) is 31.4 Å². The monoisotopic (exact) mass is 402 g/mol. The lowest BCUT2D eigenvalue weighted by Crippen LogP contribution is -2.12. The summed E-state index contributed by atoms with van der Waals surface area (Å²) in [5.74, 6) is -0.579. The van der Waals surface area contributed by atoms with Gasteiger partial charge >= 0.3 is 5.97 Å². The van der Waals surface area contributed by atoms with Crippen LogP contribution in [-0.2, 0) is 11.3 Å². The molecule has 0 unspecified atom stereocenters. The van der Waals surface area contributed by atoms with Gasteiger partial charge in [0.15, 0.2) is 11.5 Å². The maximum Gasteiger partial charge on any atom is 0.338 e. The Labute approximate surface area is 167 Å². The number of carbonyl (C=O) groups is 2. The number of nitrogens with two attached hydrogens (primary N) is 1. The largest absolute Gasteiger partial charge is 0.493 e. The average Bonchev–Trinajstić information content (AvgIpc) is 2.71. The van der Waals surface area contributed by atoms with Crippen molar-refractivity contribution in [2.24, 2.45) is 5.73 Å². The molecule has 0 radical (unpaired) electrons. The van der Waals surface area contributed by atoms with Crippen LogP contribution in [0.5, 0.6) is 11.5 Å².